The van der Waals surface area contributed by atoms with Crippen LogP contribution < -0.4 is 5.73 Å². The SMILES string of the molecule is CC(C)(C)c1ccc(SC2CCC(N)(C(=O)O)C2)cc1. The fourth-order valence-corrected chi connectivity index (χ4v) is 3.84. The van der Waals surface area contributed by atoms with E-state index in [0.717, 1.165) is 6.42 Å². The van der Waals surface area contributed by atoms with Crippen LogP contribution in [0.2, 0.25) is 0 Å². The van der Waals surface area contributed by atoms with Crippen LogP contribution in [0.4, 0.5) is 0 Å². The van der Waals surface area contributed by atoms with Crippen molar-refractivity contribution in [2.75, 3.05) is 0 Å². The minimum Gasteiger partial charge on any atom is -0.480 e. The first-order valence-corrected chi connectivity index (χ1v) is 7.88. The third-order valence-corrected chi connectivity index (χ3v) is 5.23. The van der Waals surface area contributed by atoms with Crippen molar-refractivity contribution in [2.24, 2.45) is 5.73 Å². The Bertz CT molecular complexity index is 492. The fourth-order valence-electron chi connectivity index (χ4n) is 2.55. The molecule has 2 atom stereocenters. The maximum absolute atomic E-state index is 11.1. The number of carboxylic acids is 1. The number of thioether (sulfide) groups is 1. The van der Waals surface area contributed by atoms with Crippen molar-refractivity contribution in [3.8, 4) is 0 Å². The molecule has 1 aliphatic rings. The highest BCUT2D eigenvalue weighted by Crippen LogP contribution is 2.39. The normalized spacial score (nSPS) is 26.7. The van der Waals surface area contributed by atoms with Crippen LogP contribution >= 0.6 is 11.8 Å². The number of nitrogens with two attached hydrogens (primary N) is 1. The second-order valence-electron chi connectivity index (χ2n) is 6.72. The van der Waals surface area contributed by atoms with E-state index in [1.54, 1.807) is 11.8 Å². The summed E-state index contributed by atoms with van der Waals surface area (Å²) in [5, 5.41) is 9.45. The van der Waals surface area contributed by atoms with Gasteiger partial charge in [-0.05, 0) is 42.4 Å². The van der Waals surface area contributed by atoms with Crippen molar-refractivity contribution in [3.05, 3.63) is 29.8 Å². The van der Waals surface area contributed by atoms with Crippen molar-refractivity contribution in [3.63, 3.8) is 0 Å². The molecule has 2 rings (SSSR count). The molecule has 0 spiro atoms. The zero-order valence-corrected chi connectivity index (χ0v) is 13.2. The lowest BCUT2D eigenvalue weighted by atomic mass is 9.87. The van der Waals surface area contributed by atoms with Gasteiger partial charge in [-0.1, -0.05) is 32.9 Å². The second kappa shape index (κ2) is 5.41. The molecule has 2 unspecified atom stereocenters. The van der Waals surface area contributed by atoms with Crippen LogP contribution in [0, 0.1) is 0 Å². The summed E-state index contributed by atoms with van der Waals surface area (Å²) in [6.45, 7) is 6.59. The van der Waals surface area contributed by atoms with Gasteiger partial charge in [0.2, 0.25) is 0 Å². The molecule has 0 radical (unpaired) electrons. The van der Waals surface area contributed by atoms with Crippen molar-refractivity contribution < 1.29 is 9.90 Å². The molecular weight excluding hydrogens is 270 g/mol. The fraction of sp³-hybridized carbons (Fsp3) is 0.562. The molecule has 20 heavy (non-hydrogen) atoms. The largest absolute Gasteiger partial charge is 0.480 e. The van der Waals surface area contributed by atoms with Gasteiger partial charge in [-0.2, -0.15) is 0 Å². The Labute approximate surface area is 124 Å². The molecule has 0 amide bonds. The minimum absolute atomic E-state index is 0.159. The van der Waals surface area contributed by atoms with Gasteiger partial charge in [-0.3, -0.25) is 4.79 Å². The van der Waals surface area contributed by atoms with Crippen molar-refractivity contribution in [1.29, 1.82) is 0 Å². The first-order valence-electron chi connectivity index (χ1n) is 7.00. The first kappa shape index (κ1) is 15.4. The summed E-state index contributed by atoms with van der Waals surface area (Å²) in [4.78, 5) is 12.3. The van der Waals surface area contributed by atoms with Gasteiger partial charge in [0.15, 0.2) is 0 Å². The van der Waals surface area contributed by atoms with Crippen LogP contribution in [0.25, 0.3) is 0 Å². The predicted molar refractivity (Wildman–Crippen MR) is 83.2 cm³/mol. The number of benzene rings is 1. The Morgan fingerprint density at radius 2 is 1.95 bits per heavy atom. The van der Waals surface area contributed by atoms with E-state index in [1.807, 2.05) is 0 Å². The van der Waals surface area contributed by atoms with Gasteiger partial charge in [0.05, 0.1) is 0 Å². The topological polar surface area (TPSA) is 63.3 Å². The molecule has 1 fully saturated rings. The summed E-state index contributed by atoms with van der Waals surface area (Å²) < 4.78 is 0. The van der Waals surface area contributed by atoms with E-state index in [1.165, 1.54) is 10.5 Å². The second-order valence-corrected chi connectivity index (χ2v) is 8.09. The third-order valence-electron chi connectivity index (χ3n) is 3.95. The summed E-state index contributed by atoms with van der Waals surface area (Å²) in [5.74, 6) is -0.872. The first-order chi connectivity index (χ1) is 9.21. The van der Waals surface area contributed by atoms with Gasteiger partial charge in [-0.25, -0.2) is 0 Å². The Balaban J connectivity index is 2.00. The molecule has 1 aromatic rings. The quantitative estimate of drug-likeness (QED) is 0.896. The summed E-state index contributed by atoms with van der Waals surface area (Å²) in [5.41, 5.74) is 6.36. The number of hydrogen-bond donors (Lipinski definition) is 2. The summed E-state index contributed by atoms with van der Waals surface area (Å²) in [7, 11) is 0. The zero-order valence-electron chi connectivity index (χ0n) is 12.3. The van der Waals surface area contributed by atoms with E-state index in [-0.39, 0.29) is 5.41 Å². The highest BCUT2D eigenvalue weighted by molar-refractivity contribution is 8.00. The molecule has 3 N–H and O–H groups in total. The maximum Gasteiger partial charge on any atom is 0.323 e. The van der Waals surface area contributed by atoms with Gasteiger partial charge < -0.3 is 10.8 Å². The molecular formula is C16H23NO2S. The Hall–Kier alpha value is -1.00. The average molecular weight is 293 g/mol. The van der Waals surface area contributed by atoms with Crippen LogP contribution in [-0.4, -0.2) is 21.9 Å². The molecule has 0 saturated heterocycles. The van der Waals surface area contributed by atoms with Gasteiger partial charge in [0.25, 0.3) is 0 Å². The van der Waals surface area contributed by atoms with Gasteiger partial charge in [0.1, 0.15) is 5.54 Å². The highest BCUT2D eigenvalue weighted by Gasteiger charge is 2.42. The Kier molecular flexibility index (Phi) is 4.17. The number of carbonyl (C=O) groups is 1. The van der Waals surface area contributed by atoms with Gasteiger partial charge in [0, 0.05) is 10.1 Å². The zero-order chi connectivity index (χ0) is 15.0. The smallest absolute Gasteiger partial charge is 0.323 e. The molecule has 0 heterocycles. The predicted octanol–water partition coefficient (Wildman–Crippen LogP) is 3.41. The van der Waals surface area contributed by atoms with Gasteiger partial charge in [-0.15, -0.1) is 11.8 Å². The Morgan fingerprint density at radius 3 is 2.40 bits per heavy atom. The highest BCUT2D eigenvalue weighted by atomic mass is 32.2. The van der Waals surface area contributed by atoms with Gasteiger partial charge >= 0.3 is 5.97 Å². The van der Waals surface area contributed by atoms with E-state index in [0.29, 0.717) is 18.1 Å². The van der Waals surface area contributed by atoms with Crippen LogP contribution in [-0.2, 0) is 10.2 Å². The molecule has 4 heteroatoms. The van der Waals surface area contributed by atoms with E-state index in [2.05, 4.69) is 45.0 Å². The molecule has 0 bridgehead atoms. The molecule has 1 saturated carbocycles. The van der Waals surface area contributed by atoms with E-state index >= 15 is 0 Å². The van der Waals surface area contributed by atoms with E-state index < -0.39 is 11.5 Å². The monoisotopic (exact) mass is 293 g/mol. The van der Waals surface area contributed by atoms with Crippen molar-refractivity contribution in [2.45, 2.75) is 61.1 Å². The lowest BCUT2D eigenvalue weighted by molar-refractivity contribution is -0.143. The number of aliphatic carboxylic acids is 1. The molecule has 1 aliphatic carbocycles. The summed E-state index contributed by atoms with van der Waals surface area (Å²) in [6.07, 6.45) is 1.99. The standard InChI is InChI=1S/C16H23NO2S/c1-15(2,3)11-4-6-12(7-5-11)20-13-8-9-16(17,10-13)14(18)19/h4-7,13H,8-10,17H2,1-3H3,(H,18,19). The Morgan fingerprint density at radius 1 is 1.35 bits per heavy atom. The van der Waals surface area contributed by atoms with Crippen LogP contribution in [0.5, 0.6) is 0 Å². The van der Waals surface area contributed by atoms with Crippen LogP contribution in [0.15, 0.2) is 29.2 Å². The number of rotatable bonds is 3. The molecule has 0 aliphatic heterocycles. The third kappa shape index (κ3) is 3.36. The molecule has 0 aromatic heterocycles. The maximum atomic E-state index is 11.1. The number of carboxylic acid groups (broad SMARTS) is 1. The summed E-state index contributed by atoms with van der Waals surface area (Å²) >= 11 is 1.75. The average Bonchev–Trinajstić information content (AvgIpc) is 2.72. The van der Waals surface area contributed by atoms with Crippen LogP contribution in [0.3, 0.4) is 0 Å². The van der Waals surface area contributed by atoms with Crippen molar-refractivity contribution >= 4 is 17.7 Å². The van der Waals surface area contributed by atoms with E-state index in [4.69, 9.17) is 10.8 Å². The lowest BCUT2D eigenvalue weighted by Gasteiger charge is -2.20. The summed E-state index contributed by atoms with van der Waals surface area (Å²) in [6, 6.07) is 8.57. The minimum atomic E-state index is -1.02. The lowest BCUT2D eigenvalue weighted by Crippen LogP contribution is -2.45. The van der Waals surface area contributed by atoms with Crippen molar-refractivity contribution in [1.82, 2.24) is 0 Å². The molecule has 110 valence electrons. The molecule has 3 nitrogen and oxygen atoms in total. The van der Waals surface area contributed by atoms with Crippen LogP contribution in [0.1, 0.15) is 45.6 Å². The number of hydrogen-bond acceptors (Lipinski definition) is 3. The van der Waals surface area contributed by atoms with E-state index in [9.17, 15) is 4.79 Å². The molecule has 1 aromatic carbocycles.